The second kappa shape index (κ2) is 8.27. The predicted molar refractivity (Wildman–Crippen MR) is 91.9 cm³/mol. The molecule has 0 saturated heterocycles. The molecule has 0 fully saturated rings. The molecule has 0 aliphatic heterocycles. The Labute approximate surface area is 160 Å². The molecule has 1 heterocycles. The average molecular weight is 422 g/mol. The third-order valence-corrected chi connectivity index (χ3v) is 3.87. The van der Waals surface area contributed by atoms with Crippen LogP contribution >= 0.6 is 23.2 Å². The fourth-order valence-electron chi connectivity index (χ4n) is 2.08. The summed E-state index contributed by atoms with van der Waals surface area (Å²) >= 11 is 11.7. The number of hydrogen-bond donors (Lipinski definition) is 1. The third-order valence-electron chi connectivity index (χ3n) is 3.32. The van der Waals surface area contributed by atoms with Crippen LogP contribution < -0.4 is 5.73 Å². The van der Waals surface area contributed by atoms with Gasteiger partial charge in [0.2, 0.25) is 5.69 Å². The number of rotatable bonds is 6. The Kier molecular flexibility index (Phi) is 6.28. The normalized spacial score (nSPS) is 11.7. The molecule has 1 aromatic heterocycles. The lowest BCUT2D eigenvalue weighted by atomic mass is 10.2. The van der Waals surface area contributed by atoms with Crippen molar-refractivity contribution in [3.05, 3.63) is 55.3 Å². The summed E-state index contributed by atoms with van der Waals surface area (Å²) < 4.78 is 26.5. The molecular weight excluding hydrogens is 411 g/mol. The lowest BCUT2D eigenvalue weighted by molar-refractivity contribution is -0.386. The predicted octanol–water partition coefficient (Wildman–Crippen LogP) is 3.21. The van der Waals surface area contributed by atoms with E-state index in [1.165, 1.54) is 25.1 Å². The number of alkyl halides is 2. The van der Waals surface area contributed by atoms with Crippen molar-refractivity contribution >= 4 is 40.7 Å². The van der Waals surface area contributed by atoms with Crippen LogP contribution in [0.1, 0.15) is 23.4 Å². The molecule has 2 N–H and O–H groups in total. The van der Waals surface area contributed by atoms with Gasteiger partial charge in [0, 0.05) is 10.6 Å². The SMILES string of the molecule is Cc1c([N+](=O)[O-])c(C(F)F)nn1CC(=O)O/N=C(\N)c1ccc(Cl)cc1Cl. The van der Waals surface area contributed by atoms with Crippen molar-refractivity contribution in [3.8, 4) is 0 Å². The molecular formula is C14H11Cl2F2N5O4. The van der Waals surface area contributed by atoms with Crippen molar-refractivity contribution in [1.82, 2.24) is 9.78 Å². The number of nitro groups is 1. The first-order valence-corrected chi connectivity index (χ1v) is 7.86. The van der Waals surface area contributed by atoms with Gasteiger partial charge < -0.3 is 10.6 Å². The topological polar surface area (TPSA) is 126 Å². The Morgan fingerprint density at radius 1 is 1.48 bits per heavy atom. The summed E-state index contributed by atoms with van der Waals surface area (Å²) in [6.07, 6.45) is -3.18. The number of halogens is 4. The van der Waals surface area contributed by atoms with E-state index in [1.807, 2.05) is 0 Å². The van der Waals surface area contributed by atoms with Crippen molar-refractivity contribution < 1.29 is 23.3 Å². The van der Waals surface area contributed by atoms with Crippen molar-refractivity contribution in [2.75, 3.05) is 0 Å². The molecule has 0 bridgehead atoms. The largest absolute Gasteiger partial charge is 0.380 e. The Bertz CT molecular complexity index is 932. The number of nitrogens with zero attached hydrogens (tertiary/aromatic N) is 4. The van der Waals surface area contributed by atoms with Gasteiger partial charge in [0.25, 0.3) is 6.43 Å². The van der Waals surface area contributed by atoms with Crippen LogP contribution in [0.2, 0.25) is 10.0 Å². The Morgan fingerprint density at radius 3 is 2.67 bits per heavy atom. The van der Waals surface area contributed by atoms with E-state index >= 15 is 0 Å². The molecule has 1 aromatic carbocycles. The minimum Gasteiger partial charge on any atom is -0.380 e. The van der Waals surface area contributed by atoms with Gasteiger partial charge in [0.15, 0.2) is 5.84 Å². The molecule has 0 saturated carbocycles. The zero-order chi connectivity index (χ0) is 20.3. The smallest absolute Gasteiger partial charge is 0.356 e. The fourth-order valence-corrected chi connectivity index (χ4v) is 2.59. The summed E-state index contributed by atoms with van der Waals surface area (Å²) in [4.78, 5) is 26.3. The van der Waals surface area contributed by atoms with Crippen molar-refractivity contribution in [1.29, 1.82) is 0 Å². The van der Waals surface area contributed by atoms with Gasteiger partial charge in [-0.3, -0.25) is 14.8 Å². The highest BCUT2D eigenvalue weighted by molar-refractivity contribution is 6.36. The van der Waals surface area contributed by atoms with Crippen LogP contribution in [0.25, 0.3) is 0 Å². The van der Waals surface area contributed by atoms with Crippen molar-refractivity contribution in [2.45, 2.75) is 19.9 Å². The van der Waals surface area contributed by atoms with E-state index in [0.29, 0.717) is 5.02 Å². The highest BCUT2D eigenvalue weighted by Gasteiger charge is 2.31. The Morgan fingerprint density at radius 2 is 2.15 bits per heavy atom. The summed E-state index contributed by atoms with van der Waals surface area (Å²) in [5.41, 5.74) is 3.77. The first-order valence-electron chi connectivity index (χ1n) is 7.10. The van der Waals surface area contributed by atoms with Gasteiger partial charge in [-0.05, 0) is 25.1 Å². The second-order valence-corrected chi connectivity index (χ2v) is 5.94. The molecule has 0 aliphatic carbocycles. The molecule has 0 radical (unpaired) electrons. The molecule has 9 nitrogen and oxygen atoms in total. The summed E-state index contributed by atoms with van der Waals surface area (Å²) in [5.74, 6) is -1.27. The van der Waals surface area contributed by atoms with Gasteiger partial charge in [-0.2, -0.15) is 5.10 Å². The van der Waals surface area contributed by atoms with Gasteiger partial charge in [-0.1, -0.05) is 28.4 Å². The van der Waals surface area contributed by atoms with E-state index in [1.54, 1.807) is 0 Å². The molecule has 144 valence electrons. The number of hydrogen-bond acceptors (Lipinski definition) is 6. The van der Waals surface area contributed by atoms with Gasteiger partial charge in [-0.15, -0.1) is 0 Å². The quantitative estimate of drug-likeness (QED) is 0.251. The number of benzene rings is 1. The maximum absolute atomic E-state index is 12.9. The van der Waals surface area contributed by atoms with Crippen LogP contribution in [0.15, 0.2) is 23.4 Å². The molecule has 27 heavy (non-hydrogen) atoms. The van der Waals surface area contributed by atoms with Gasteiger partial charge in [0.05, 0.1) is 9.95 Å². The molecule has 2 aromatic rings. The first-order chi connectivity index (χ1) is 12.6. The number of oxime groups is 1. The maximum Gasteiger partial charge on any atom is 0.356 e. The van der Waals surface area contributed by atoms with Crippen LogP contribution in [0.3, 0.4) is 0 Å². The van der Waals surface area contributed by atoms with E-state index in [-0.39, 0.29) is 22.1 Å². The summed E-state index contributed by atoms with van der Waals surface area (Å²) in [5, 5.41) is 18.2. The number of carbonyl (C=O) groups is 1. The lowest BCUT2D eigenvalue weighted by Gasteiger charge is -2.04. The van der Waals surface area contributed by atoms with Crippen LogP contribution in [-0.4, -0.2) is 26.5 Å². The van der Waals surface area contributed by atoms with Crippen LogP contribution in [0, 0.1) is 17.0 Å². The zero-order valence-corrected chi connectivity index (χ0v) is 15.0. The molecule has 13 heteroatoms. The van der Waals surface area contributed by atoms with Crippen LogP contribution in [0.4, 0.5) is 14.5 Å². The van der Waals surface area contributed by atoms with E-state index in [4.69, 9.17) is 28.9 Å². The molecule has 0 spiro atoms. The Hall–Kier alpha value is -2.79. The minimum absolute atomic E-state index is 0.167. The van der Waals surface area contributed by atoms with Crippen LogP contribution in [-0.2, 0) is 16.2 Å². The summed E-state index contributed by atoms with van der Waals surface area (Å²) in [6, 6.07) is 4.35. The monoisotopic (exact) mass is 421 g/mol. The summed E-state index contributed by atoms with van der Waals surface area (Å²) in [6.45, 7) is 0.486. The molecule has 2 rings (SSSR count). The number of aromatic nitrogens is 2. The van der Waals surface area contributed by atoms with E-state index < -0.39 is 35.2 Å². The van der Waals surface area contributed by atoms with E-state index in [0.717, 1.165) is 4.68 Å². The average Bonchev–Trinajstić information content (AvgIpc) is 2.89. The lowest BCUT2D eigenvalue weighted by Crippen LogP contribution is -2.18. The van der Waals surface area contributed by atoms with E-state index in [9.17, 15) is 23.7 Å². The van der Waals surface area contributed by atoms with Crippen molar-refractivity contribution in [2.24, 2.45) is 10.9 Å². The zero-order valence-electron chi connectivity index (χ0n) is 13.5. The second-order valence-electron chi connectivity index (χ2n) is 5.10. The number of amidine groups is 1. The number of nitrogens with two attached hydrogens (primary N) is 1. The summed E-state index contributed by atoms with van der Waals surface area (Å²) in [7, 11) is 0. The third kappa shape index (κ3) is 4.68. The van der Waals surface area contributed by atoms with Gasteiger partial charge >= 0.3 is 11.7 Å². The first kappa shape index (κ1) is 20.5. The van der Waals surface area contributed by atoms with Crippen LogP contribution in [0.5, 0.6) is 0 Å². The fraction of sp³-hybridized carbons (Fsp3) is 0.214. The molecule has 0 unspecified atom stereocenters. The standard InChI is InChI=1S/C14H11Cl2F2N5O4/c1-6-12(23(25)26)11(13(17)18)20-22(6)5-10(24)27-21-14(19)8-3-2-7(15)4-9(8)16/h2-4,13H,5H2,1H3,(H2,19,21). The van der Waals surface area contributed by atoms with E-state index in [2.05, 4.69) is 15.1 Å². The molecule has 0 atom stereocenters. The highest BCUT2D eigenvalue weighted by atomic mass is 35.5. The highest BCUT2D eigenvalue weighted by Crippen LogP contribution is 2.30. The van der Waals surface area contributed by atoms with Crippen molar-refractivity contribution in [3.63, 3.8) is 0 Å². The van der Waals surface area contributed by atoms with Gasteiger partial charge in [-0.25, -0.2) is 13.6 Å². The maximum atomic E-state index is 12.9. The molecule has 0 aliphatic rings. The minimum atomic E-state index is -3.18. The van der Waals surface area contributed by atoms with Gasteiger partial charge in [0.1, 0.15) is 12.2 Å². The number of carbonyl (C=O) groups excluding carboxylic acids is 1. The molecule has 0 amide bonds. The Balaban J connectivity index is 2.16.